The fourth-order valence-electron chi connectivity index (χ4n) is 5.68. The van der Waals surface area contributed by atoms with Crippen LogP contribution < -0.4 is 9.47 Å². The molecule has 0 saturated carbocycles. The predicted octanol–water partition coefficient (Wildman–Crippen LogP) is 2.87. The molecule has 0 unspecified atom stereocenters. The highest BCUT2D eigenvalue weighted by atomic mass is 16.7. The summed E-state index contributed by atoms with van der Waals surface area (Å²) in [7, 11) is 0. The molecular weight excluding hydrogens is 478 g/mol. The number of rotatable bonds is 13. The van der Waals surface area contributed by atoms with Gasteiger partial charge in [-0.15, -0.1) is 0 Å². The normalized spacial score (nSPS) is 23.1. The van der Waals surface area contributed by atoms with Gasteiger partial charge in [-0.25, -0.2) is 5.06 Å². The van der Waals surface area contributed by atoms with E-state index in [0.29, 0.717) is 57.0 Å². The van der Waals surface area contributed by atoms with E-state index in [1.54, 1.807) is 0 Å². The van der Waals surface area contributed by atoms with Gasteiger partial charge >= 0.3 is 5.97 Å². The Bertz CT molecular complexity index is 971. The van der Waals surface area contributed by atoms with Crippen LogP contribution in [-0.2, 0) is 19.2 Å². The van der Waals surface area contributed by atoms with Crippen LogP contribution in [0.3, 0.4) is 0 Å². The van der Waals surface area contributed by atoms with Crippen molar-refractivity contribution in [1.29, 1.82) is 0 Å². The monoisotopic (exact) mass is 517 g/mol. The van der Waals surface area contributed by atoms with Crippen LogP contribution in [0.15, 0.2) is 18.2 Å². The zero-order valence-electron chi connectivity index (χ0n) is 21.9. The van der Waals surface area contributed by atoms with Gasteiger partial charge in [0.15, 0.2) is 11.5 Å². The first-order valence-corrected chi connectivity index (χ1v) is 13.5. The number of nitrogens with zero attached hydrogens (tertiary/aromatic N) is 3. The fourth-order valence-corrected chi connectivity index (χ4v) is 5.68. The van der Waals surface area contributed by atoms with Crippen LogP contribution in [0.4, 0.5) is 0 Å². The fraction of sp³-hybridized carbons (Fsp3) is 0.667. The van der Waals surface area contributed by atoms with Crippen molar-refractivity contribution in [3.8, 4) is 11.5 Å². The summed E-state index contributed by atoms with van der Waals surface area (Å²) >= 11 is 0. The summed E-state index contributed by atoms with van der Waals surface area (Å²) in [6.07, 6.45) is 4.28. The second kappa shape index (κ2) is 12.6. The molecule has 0 bridgehead atoms. The van der Waals surface area contributed by atoms with Gasteiger partial charge in [0, 0.05) is 44.6 Å². The largest absolute Gasteiger partial charge is 0.481 e. The Balaban J connectivity index is 1.54. The summed E-state index contributed by atoms with van der Waals surface area (Å²) in [5.41, 5.74) is 0.860. The number of ether oxygens (including phenoxy) is 2. The van der Waals surface area contributed by atoms with E-state index in [1.807, 2.05) is 41.8 Å². The van der Waals surface area contributed by atoms with Crippen LogP contribution in [0.25, 0.3) is 0 Å². The standard InChI is InChI=1S/C27H39N3O7/c1-3-11-30(37-14-4-2)25(32)17-29-16-20(19-9-10-22-23(15-19)36-18-35-22)26(27(33)34)21(29)7-5-12-28-13-6-8-24(28)31/h9-10,15,20-21,26H,3-8,11-14,16-18H2,1-2H3,(H,33,34)/t20-,21+,26-/m1/s1. The molecule has 2 amide bonds. The average Bonchev–Trinajstić information content (AvgIpc) is 3.60. The summed E-state index contributed by atoms with van der Waals surface area (Å²) in [4.78, 5) is 47.5. The van der Waals surface area contributed by atoms with Gasteiger partial charge in [0.25, 0.3) is 5.91 Å². The first-order chi connectivity index (χ1) is 17.9. The van der Waals surface area contributed by atoms with E-state index in [-0.39, 0.29) is 37.1 Å². The number of carboxylic acids is 1. The van der Waals surface area contributed by atoms with E-state index < -0.39 is 11.9 Å². The molecule has 3 aliphatic heterocycles. The highest BCUT2D eigenvalue weighted by Crippen LogP contribution is 2.43. The molecule has 0 aliphatic carbocycles. The van der Waals surface area contributed by atoms with Gasteiger partial charge in [-0.1, -0.05) is 19.9 Å². The van der Waals surface area contributed by atoms with Crippen molar-refractivity contribution in [2.24, 2.45) is 5.92 Å². The van der Waals surface area contributed by atoms with Crippen LogP contribution in [0.5, 0.6) is 11.5 Å². The molecule has 1 aromatic rings. The molecule has 1 N–H and O–H groups in total. The van der Waals surface area contributed by atoms with Crippen molar-refractivity contribution in [3.63, 3.8) is 0 Å². The molecule has 37 heavy (non-hydrogen) atoms. The van der Waals surface area contributed by atoms with Gasteiger partial charge in [0.1, 0.15) is 0 Å². The van der Waals surface area contributed by atoms with Gasteiger partial charge < -0.3 is 19.5 Å². The van der Waals surface area contributed by atoms with Crippen LogP contribution in [0.1, 0.15) is 63.9 Å². The minimum Gasteiger partial charge on any atom is -0.481 e. The third-order valence-electron chi connectivity index (χ3n) is 7.45. The number of hydroxylamine groups is 2. The van der Waals surface area contributed by atoms with E-state index in [2.05, 4.69) is 0 Å². The number of carboxylic acid groups (broad SMARTS) is 1. The molecule has 3 aliphatic rings. The summed E-state index contributed by atoms with van der Waals surface area (Å²) < 4.78 is 11.0. The highest BCUT2D eigenvalue weighted by molar-refractivity contribution is 5.79. The van der Waals surface area contributed by atoms with Gasteiger partial charge in [-0.05, 0) is 49.8 Å². The number of aliphatic carboxylic acids is 1. The molecule has 204 valence electrons. The highest BCUT2D eigenvalue weighted by Gasteiger charge is 2.47. The molecule has 0 radical (unpaired) electrons. The molecule has 2 saturated heterocycles. The SMILES string of the molecule is CCCON(CCC)C(=O)CN1C[C@H](c2ccc3c(c2)OCO3)[C@@H](C(=O)O)[C@@H]1CCCN1CCCC1=O. The van der Waals surface area contributed by atoms with Crippen LogP contribution in [-0.4, -0.2) is 89.9 Å². The zero-order chi connectivity index (χ0) is 26.4. The molecule has 10 nitrogen and oxygen atoms in total. The Hall–Kier alpha value is -2.85. The maximum absolute atomic E-state index is 13.3. The Labute approximate surface area is 218 Å². The Kier molecular flexibility index (Phi) is 9.26. The average molecular weight is 518 g/mol. The van der Waals surface area contributed by atoms with E-state index in [4.69, 9.17) is 14.3 Å². The third kappa shape index (κ3) is 6.35. The number of amides is 2. The lowest BCUT2D eigenvalue weighted by Crippen LogP contribution is -2.44. The summed E-state index contributed by atoms with van der Waals surface area (Å²) in [5.74, 6) is -0.626. The number of carbonyl (C=O) groups is 3. The second-order valence-corrected chi connectivity index (χ2v) is 10.0. The molecule has 3 heterocycles. The molecule has 10 heteroatoms. The number of hydrogen-bond donors (Lipinski definition) is 1. The first kappa shape index (κ1) is 27.2. The smallest absolute Gasteiger partial charge is 0.308 e. The van der Waals surface area contributed by atoms with Crippen molar-refractivity contribution in [2.75, 3.05) is 46.1 Å². The van der Waals surface area contributed by atoms with Crippen LogP contribution in [0.2, 0.25) is 0 Å². The van der Waals surface area contributed by atoms with Gasteiger partial charge in [0.05, 0.1) is 19.1 Å². The minimum atomic E-state index is -0.882. The Morgan fingerprint density at radius 3 is 2.70 bits per heavy atom. The Morgan fingerprint density at radius 2 is 2.00 bits per heavy atom. The zero-order valence-corrected chi connectivity index (χ0v) is 21.9. The molecule has 2 fully saturated rings. The maximum Gasteiger partial charge on any atom is 0.308 e. The first-order valence-electron chi connectivity index (χ1n) is 13.5. The third-order valence-corrected chi connectivity index (χ3v) is 7.45. The number of fused-ring (bicyclic) bond motifs is 1. The number of likely N-dealkylation sites (tertiary alicyclic amines) is 2. The summed E-state index contributed by atoms with van der Waals surface area (Å²) in [6.45, 7) is 6.96. The van der Waals surface area contributed by atoms with Crippen molar-refractivity contribution in [2.45, 2.75) is 64.3 Å². The molecular formula is C27H39N3O7. The number of hydrogen-bond acceptors (Lipinski definition) is 7. The van der Waals surface area contributed by atoms with Gasteiger partial charge in [0.2, 0.25) is 12.7 Å². The summed E-state index contributed by atoms with van der Waals surface area (Å²) in [6, 6.07) is 5.24. The topological polar surface area (TPSA) is 109 Å². The van der Waals surface area contributed by atoms with E-state index in [0.717, 1.165) is 31.4 Å². The quantitative estimate of drug-likeness (QED) is 0.398. The molecule has 1 aromatic carbocycles. The second-order valence-electron chi connectivity index (χ2n) is 10.0. The molecule has 3 atom stereocenters. The number of carbonyl (C=O) groups excluding carboxylic acids is 2. The lowest BCUT2D eigenvalue weighted by molar-refractivity contribution is -0.188. The summed E-state index contributed by atoms with van der Waals surface area (Å²) in [5, 5.41) is 11.8. The van der Waals surface area contributed by atoms with Gasteiger partial charge in [-0.3, -0.25) is 24.1 Å². The molecule has 0 spiro atoms. The van der Waals surface area contributed by atoms with Crippen molar-refractivity contribution in [1.82, 2.24) is 14.9 Å². The molecule has 4 rings (SSSR count). The maximum atomic E-state index is 13.3. The van der Waals surface area contributed by atoms with Crippen LogP contribution in [0, 0.1) is 5.92 Å². The Morgan fingerprint density at radius 1 is 1.19 bits per heavy atom. The number of benzene rings is 1. The van der Waals surface area contributed by atoms with E-state index >= 15 is 0 Å². The van der Waals surface area contributed by atoms with Crippen molar-refractivity contribution >= 4 is 17.8 Å². The minimum absolute atomic E-state index is 0.0852. The van der Waals surface area contributed by atoms with Crippen molar-refractivity contribution in [3.05, 3.63) is 23.8 Å². The van der Waals surface area contributed by atoms with E-state index in [9.17, 15) is 19.5 Å². The van der Waals surface area contributed by atoms with E-state index in [1.165, 1.54) is 5.06 Å². The predicted molar refractivity (Wildman–Crippen MR) is 135 cm³/mol. The lowest BCUT2D eigenvalue weighted by Gasteiger charge is -2.29. The van der Waals surface area contributed by atoms with Gasteiger partial charge in [-0.2, -0.15) is 0 Å². The lowest BCUT2D eigenvalue weighted by atomic mass is 9.83. The van der Waals surface area contributed by atoms with Crippen LogP contribution >= 0.6 is 0 Å². The van der Waals surface area contributed by atoms with Crippen molar-refractivity contribution < 1.29 is 33.8 Å². The molecule has 0 aromatic heterocycles.